The number of aliphatic imine (C=N–C) groups is 1. The first-order valence-corrected chi connectivity index (χ1v) is 12.5. The van der Waals surface area contributed by atoms with Gasteiger partial charge in [-0.3, -0.25) is 9.69 Å². The van der Waals surface area contributed by atoms with Crippen LogP contribution in [0.1, 0.15) is 19.4 Å². The van der Waals surface area contributed by atoms with Gasteiger partial charge in [0.1, 0.15) is 15.7 Å². The Labute approximate surface area is 208 Å². The first kappa shape index (κ1) is 23.8. The van der Waals surface area contributed by atoms with Gasteiger partial charge in [0.15, 0.2) is 5.17 Å². The maximum absolute atomic E-state index is 13.5. The third-order valence-electron chi connectivity index (χ3n) is 5.30. The number of nitriles is 1. The molecule has 34 heavy (non-hydrogen) atoms. The van der Waals surface area contributed by atoms with Crippen molar-refractivity contribution in [2.75, 3.05) is 37.0 Å². The van der Waals surface area contributed by atoms with Gasteiger partial charge < -0.3 is 15.0 Å². The van der Waals surface area contributed by atoms with Gasteiger partial charge in [0.05, 0.1) is 35.8 Å². The van der Waals surface area contributed by atoms with Crippen LogP contribution in [0.5, 0.6) is 5.75 Å². The third-order valence-corrected chi connectivity index (χ3v) is 7.68. The van der Waals surface area contributed by atoms with Crippen molar-refractivity contribution in [3.8, 4) is 11.8 Å². The minimum Gasteiger partial charge on any atom is -0.497 e. The number of thioether (sulfide) groups is 2. The van der Waals surface area contributed by atoms with Gasteiger partial charge in [0.2, 0.25) is 0 Å². The summed E-state index contributed by atoms with van der Waals surface area (Å²) >= 11 is 2.93. The summed E-state index contributed by atoms with van der Waals surface area (Å²) in [7, 11) is 1.65. The maximum Gasteiger partial charge on any atom is 0.269 e. The van der Waals surface area contributed by atoms with Crippen LogP contribution in [-0.4, -0.2) is 42.7 Å². The summed E-state index contributed by atoms with van der Waals surface area (Å²) in [5.74, 6) is 0.670. The Morgan fingerprint density at radius 1 is 1.21 bits per heavy atom. The van der Waals surface area contributed by atoms with Crippen LogP contribution in [-0.2, 0) is 4.79 Å². The van der Waals surface area contributed by atoms with Gasteiger partial charge in [-0.2, -0.15) is 5.26 Å². The van der Waals surface area contributed by atoms with Gasteiger partial charge in [0.25, 0.3) is 5.91 Å². The number of amides is 1. The molecular weight excluding hydrogens is 466 g/mol. The SMILES string of the molecule is C=CCN1C(=O)C(=C2Sc3ccc(OC)cc3N2CC)SC1=Nc1cc(C#N)ccc1NCC. The lowest BCUT2D eigenvalue weighted by Gasteiger charge is -2.19. The number of rotatable bonds is 7. The molecule has 1 N–H and O–H groups in total. The number of methoxy groups -OCH3 is 1. The van der Waals surface area contributed by atoms with Crippen molar-refractivity contribution in [3.05, 3.63) is 64.6 Å². The Balaban J connectivity index is 1.79. The molecule has 2 heterocycles. The second-order valence-electron chi connectivity index (χ2n) is 7.39. The van der Waals surface area contributed by atoms with Gasteiger partial charge in [0, 0.05) is 30.6 Å². The molecule has 4 rings (SSSR count). The number of nitrogens with zero attached hydrogens (tertiary/aromatic N) is 4. The molecule has 0 aliphatic carbocycles. The summed E-state index contributed by atoms with van der Waals surface area (Å²) in [4.78, 5) is 23.8. The molecule has 0 spiro atoms. The van der Waals surface area contributed by atoms with E-state index in [1.54, 1.807) is 42.0 Å². The maximum atomic E-state index is 13.5. The summed E-state index contributed by atoms with van der Waals surface area (Å²) < 4.78 is 5.41. The molecule has 2 aromatic rings. The van der Waals surface area contributed by atoms with Crippen molar-refractivity contribution >= 4 is 51.7 Å². The molecule has 2 aromatic carbocycles. The third kappa shape index (κ3) is 4.39. The van der Waals surface area contributed by atoms with E-state index in [9.17, 15) is 10.1 Å². The molecule has 0 saturated carbocycles. The zero-order valence-electron chi connectivity index (χ0n) is 19.3. The molecule has 9 heteroatoms. The number of nitrogens with one attached hydrogen (secondary N) is 1. The Morgan fingerprint density at radius 3 is 2.71 bits per heavy atom. The molecule has 0 aromatic heterocycles. The Kier molecular flexibility index (Phi) is 7.20. The van der Waals surface area contributed by atoms with E-state index in [0.29, 0.717) is 41.0 Å². The van der Waals surface area contributed by atoms with Gasteiger partial charge >= 0.3 is 0 Å². The Morgan fingerprint density at radius 2 is 2.03 bits per heavy atom. The number of hydrogen-bond acceptors (Lipinski definition) is 8. The number of amidine groups is 1. The second kappa shape index (κ2) is 10.3. The lowest BCUT2D eigenvalue weighted by atomic mass is 10.2. The van der Waals surface area contributed by atoms with Crippen LogP contribution in [0.15, 0.2) is 68.9 Å². The van der Waals surface area contributed by atoms with Crippen molar-refractivity contribution in [3.63, 3.8) is 0 Å². The summed E-state index contributed by atoms with van der Waals surface area (Å²) in [6.45, 7) is 9.65. The highest BCUT2D eigenvalue weighted by atomic mass is 32.2. The van der Waals surface area contributed by atoms with E-state index in [1.807, 2.05) is 31.2 Å². The average molecular weight is 492 g/mol. The zero-order chi connectivity index (χ0) is 24.2. The fourth-order valence-corrected chi connectivity index (χ4v) is 6.09. The van der Waals surface area contributed by atoms with E-state index >= 15 is 0 Å². The predicted octanol–water partition coefficient (Wildman–Crippen LogP) is 5.55. The molecule has 2 aliphatic heterocycles. The normalized spacial score (nSPS) is 18.3. The van der Waals surface area contributed by atoms with E-state index < -0.39 is 0 Å². The second-order valence-corrected chi connectivity index (χ2v) is 9.40. The summed E-state index contributed by atoms with van der Waals surface area (Å²) in [5.41, 5.74) is 2.97. The highest BCUT2D eigenvalue weighted by Crippen LogP contribution is 2.51. The van der Waals surface area contributed by atoms with Crippen LogP contribution >= 0.6 is 23.5 Å². The van der Waals surface area contributed by atoms with Crippen molar-refractivity contribution in [2.45, 2.75) is 18.7 Å². The Bertz CT molecular complexity index is 1250. The topological polar surface area (TPSA) is 81.0 Å². The smallest absolute Gasteiger partial charge is 0.269 e. The average Bonchev–Trinajstić information content (AvgIpc) is 3.37. The van der Waals surface area contributed by atoms with Crippen LogP contribution in [0.3, 0.4) is 0 Å². The molecule has 1 amide bonds. The standard InChI is InChI=1S/C25H25N5O2S2/c1-5-12-30-23(31)22(24-29(7-3)20-14-17(32-4)9-11-21(20)33-24)34-25(30)28-19-13-16(15-26)8-10-18(19)27-6-2/h5,8-11,13-14,27H,1,6-7,12H2,2-4H3. The van der Waals surface area contributed by atoms with E-state index in [1.165, 1.54) is 11.8 Å². The minimum atomic E-state index is -0.106. The number of hydrogen-bond donors (Lipinski definition) is 1. The largest absolute Gasteiger partial charge is 0.497 e. The fraction of sp³-hybridized carbons (Fsp3) is 0.240. The number of ether oxygens (including phenoxy) is 1. The number of benzene rings is 2. The van der Waals surface area contributed by atoms with Crippen LogP contribution < -0.4 is 15.0 Å². The lowest BCUT2D eigenvalue weighted by molar-refractivity contribution is -0.121. The van der Waals surface area contributed by atoms with Crippen molar-refractivity contribution < 1.29 is 9.53 Å². The van der Waals surface area contributed by atoms with Crippen molar-refractivity contribution in [1.82, 2.24) is 4.90 Å². The number of fused-ring (bicyclic) bond motifs is 1. The minimum absolute atomic E-state index is 0.106. The van der Waals surface area contributed by atoms with Crippen molar-refractivity contribution in [1.29, 1.82) is 5.26 Å². The molecule has 0 unspecified atom stereocenters. The van der Waals surface area contributed by atoms with Gasteiger partial charge in [-0.25, -0.2) is 4.99 Å². The molecule has 0 bridgehead atoms. The molecule has 2 aliphatic rings. The highest BCUT2D eigenvalue weighted by molar-refractivity contribution is 8.19. The summed E-state index contributed by atoms with van der Waals surface area (Å²) in [5, 5.41) is 14.1. The van der Waals surface area contributed by atoms with Crippen LogP contribution in [0.4, 0.5) is 17.1 Å². The first-order chi connectivity index (χ1) is 16.5. The van der Waals surface area contributed by atoms with Crippen LogP contribution in [0, 0.1) is 11.3 Å². The molecule has 1 fully saturated rings. The van der Waals surface area contributed by atoms with Gasteiger partial charge in [-0.1, -0.05) is 17.8 Å². The molecule has 174 valence electrons. The lowest BCUT2D eigenvalue weighted by Crippen LogP contribution is -2.30. The van der Waals surface area contributed by atoms with Crippen LogP contribution in [0.25, 0.3) is 0 Å². The number of carbonyl (C=O) groups is 1. The van der Waals surface area contributed by atoms with E-state index in [0.717, 1.165) is 27.0 Å². The van der Waals surface area contributed by atoms with Crippen LogP contribution in [0.2, 0.25) is 0 Å². The highest BCUT2D eigenvalue weighted by Gasteiger charge is 2.39. The molecule has 1 saturated heterocycles. The van der Waals surface area contributed by atoms with Gasteiger partial charge in [-0.15, -0.1) is 6.58 Å². The van der Waals surface area contributed by atoms with Gasteiger partial charge in [-0.05, 0) is 55.9 Å². The number of carbonyl (C=O) groups excluding carboxylic acids is 1. The first-order valence-electron chi connectivity index (χ1n) is 10.9. The fourth-order valence-electron chi connectivity index (χ4n) is 3.72. The quantitative estimate of drug-likeness (QED) is 0.402. The Hall–Kier alpha value is -3.35. The molecule has 0 radical (unpaired) electrons. The number of anilines is 2. The predicted molar refractivity (Wildman–Crippen MR) is 141 cm³/mol. The van der Waals surface area contributed by atoms with E-state index in [2.05, 4.69) is 29.8 Å². The molecule has 7 nitrogen and oxygen atoms in total. The molecule has 0 atom stereocenters. The van der Waals surface area contributed by atoms with E-state index in [4.69, 9.17) is 9.73 Å². The monoisotopic (exact) mass is 491 g/mol. The molecular formula is C25H25N5O2S2. The summed E-state index contributed by atoms with van der Waals surface area (Å²) in [6.07, 6.45) is 1.69. The summed E-state index contributed by atoms with van der Waals surface area (Å²) in [6, 6.07) is 13.4. The zero-order valence-corrected chi connectivity index (χ0v) is 20.9. The van der Waals surface area contributed by atoms with E-state index in [-0.39, 0.29) is 5.91 Å². The van der Waals surface area contributed by atoms with Crippen molar-refractivity contribution in [2.24, 2.45) is 4.99 Å².